The molecular formula is C14H20F3NO. The van der Waals surface area contributed by atoms with Gasteiger partial charge in [-0.15, -0.1) is 0 Å². The Kier molecular flexibility index (Phi) is 5.66. The van der Waals surface area contributed by atoms with Crippen LogP contribution in [-0.2, 0) is 0 Å². The average Bonchev–Trinajstić information content (AvgIpc) is 2.33. The van der Waals surface area contributed by atoms with Gasteiger partial charge in [0.2, 0.25) is 0 Å². The van der Waals surface area contributed by atoms with Gasteiger partial charge in [0.05, 0.1) is 13.5 Å². The zero-order valence-corrected chi connectivity index (χ0v) is 11.5. The fourth-order valence-corrected chi connectivity index (χ4v) is 1.97. The van der Waals surface area contributed by atoms with E-state index in [1.54, 1.807) is 12.1 Å². The molecule has 1 aromatic rings. The van der Waals surface area contributed by atoms with Crippen molar-refractivity contribution in [1.82, 2.24) is 5.32 Å². The van der Waals surface area contributed by atoms with Gasteiger partial charge in [0, 0.05) is 11.6 Å². The lowest BCUT2D eigenvalue weighted by atomic mass is 10.00. The summed E-state index contributed by atoms with van der Waals surface area (Å²) in [6.07, 6.45) is -4.32. The minimum Gasteiger partial charge on any atom is -0.496 e. The zero-order valence-electron chi connectivity index (χ0n) is 11.5. The van der Waals surface area contributed by atoms with E-state index in [-0.39, 0.29) is 0 Å². The maximum atomic E-state index is 12.7. The second-order valence-electron chi connectivity index (χ2n) is 4.57. The zero-order chi connectivity index (χ0) is 14.5. The number of rotatable bonds is 6. The van der Waals surface area contributed by atoms with Gasteiger partial charge in [-0.3, -0.25) is 0 Å². The maximum Gasteiger partial charge on any atom is 0.390 e. The Labute approximate surface area is 112 Å². The summed E-state index contributed by atoms with van der Waals surface area (Å²) in [5, 5.41) is 2.94. The normalized spacial score (nSPS) is 13.4. The predicted octanol–water partition coefficient (Wildman–Crippen LogP) is 4.00. The van der Waals surface area contributed by atoms with Crippen molar-refractivity contribution >= 4 is 0 Å². The Morgan fingerprint density at radius 3 is 2.53 bits per heavy atom. The first-order valence-corrected chi connectivity index (χ1v) is 6.32. The van der Waals surface area contributed by atoms with Gasteiger partial charge in [-0.05, 0) is 26.0 Å². The smallest absolute Gasteiger partial charge is 0.390 e. The molecule has 0 aromatic heterocycles. The van der Waals surface area contributed by atoms with Crippen LogP contribution >= 0.6 is 0 Å². The van der Waals surface area contributed by atoms with Gasteiger partial charge in [-0.1, -0.05) is 24.6 Å². The van der Waals surface area contributed by atoms with Crippen LogP contribution in [-0.4, -0.2) is 19.8 Å². The van der Waals surface area contributed by atoms with E-state index in [2.05, 4.69) is 5.32 Å². The molecule has 0 aliphatic rings. The Balaban J connectivity index is 3.04. The van der Waals surface area contributed by atoms with Crippen LogP contribution in [0, 0.1) is 6.92 Å². The van der Waals surface area contributed by atoms with Crippen LogP contribution in [0.15, 0.2) is 18.2 Å². The quantitative estimate of drug-likeness (QED) is 0.847. The maximum absolute atomic E-state index is 12.7. The molecule has 1 unspecified atom stereocenters. The minimum absolute atomic E-state index is 0.489. The van der Waals surface area contributed by atoms with Gasteiger partial charge in [-0.25, -0.2) is 0 Å². The molecule has 0 radical (unpaired) electrons. The fourth-order valence-electron chi connectivity index (χ4n) is 1.97. The summed E-state index contributed by atoms with van der Waals surface area (Å²) in [5.74, 6) is 0.489. The number of benzene rings is 1. The molecule has 0 bridgehead atoms. The predicted molar refractivity (Wildman–Crippen MR) is 69.4 cm³/mol. The van der Waals surface area contributed by atoms with E-state index < -0.39 is 18.6 Å². The molecule has 19 heavy (non-hydrogen) atoms. The van der Waals surface area contributed by atoms with Gasteiger partial charge in [0.1, 0.15) is 5.75 Å². The highest BCUT2D eigenvalue weighted by atomic mass is 19.4. The summed E-state index contributed by atoms with van der Waals surface area (Å²) >= 11 is 0. The fraction of sp³-hybridized carbons (Fsp3) is 0.571. The first-order valence-electron chi connectivity index (χ1n) is 6.32. The Bertz CT molecular complexity index is 404. The van der Waals surface area contributed by atoms with Gasteiger partial charge in [0.15, 0.2) is 0 Å². The monoisotopic (exact) mass is 275 g/mol. The summed E-state index contributed by atoms with van der Waals surface area (Å²) in [4.78, 5) is 0. The average molecular weight is 275 g/mol. The highest BCUT2D eigenvalue weighted by Crippen LogP contribution is 2.34. The third-order valence-electron chi connectivity index (χ3n) is 2.84. The van der Waals surface area contributed by atoms with E-state index in [0.717, 1.165) is 12.0 Å². The van der Waals surface area contributed by atoms with E-state index in [0.29, 0.717) is 17.9 Å². The van der Waals surface area contributed by atoms with Crippen LogP contribution in [0.4, 0.5) is 13.2 Å². The Morgan fingerprint density at radius 2 is 2.00 bits per heavy atom. The Hall–Kier alpha value is -1.23. The van der Waals surface area contributed by atoms with Gasteiger partial charge in [0.25, 0.3) is 0 Å². The molecular weight excluding hydrogens is 255 g/mol. The lowest BCUT2D eigenvalue weighted by Crippen LogP contribution is -2.27. The van der Waals surface area contributed by atoms with E-state index in [4.69, 9.17) is 4.74 Å². The lowest BCUT2D eigenvalue weighted by Gasteiger charge is -2.23. The first-order chi connectivity index (χ1) is 8.87. The van der Waals surface area contributed by atoms with Gasteiger partial charge in [-0.2, -0.15) is 13.2 Å². The van der Waals surface area contributed by atoms with E-state index in [1.807, 2.05) is 19.9 Å². The lowest BCUT2D eigenvalue weighted by molar-refractivity contribution is -0.140. The number of halogens is 3. The second kappa shape index (κ2) is 6.80. The van der Waals surface area contributed by atoms with Crippen LogP contribution in [0.2, 0.25) is 0 Å². The third kappa shape index (κ3) is 5.11. The number of nitrogens with one attached hydrogen (secondary N) is 1. The molecule has 1 atom stereocenters. The minimum atomic E-state index is -4.21. The SMILES string of the molecule is CCCNC(CC(F)(F)F)c1cc(C)ccc1OC. The molecule has 0 aliphatic carbocycles. The number of ether oxygens (including phenoxy) is 1. The molecule has 1 aromatic carbocycles. The third-order valence-corrected chi connectivity index (χ3v) is 2.84. The molecule has 1 N–H and O–H groups in total. The summed E-state index contributed by atoms with van der Waals surface area (Å²) < 4.78 is 43.2. The summed E-state index contributed by atoms with van der Waals surface area (Å²) in [6, 6.07) is 4.52. The van der Waals surface area contributed by atoms with E-state index >= 15 is 0 Å². The molecule has 108 valence electrons. The van der Waals surface area contributed by atoms with Crippen molar-refractivity contribution in [3.05, 3.63) is 29.3 Å². The molecule has 5 heteroatoms. The van der Waals surface area contributed by atoms with Crippen molar-refractivity contribution in [1.29, 1.82) is 0 Å². The molecule has 0 saturated carbocycles. The molecule has 0 saturated heterocycles. The van der Waals surface area contributed by atoms with Crippen molar-refractivity contribution in [2.24, 2.45) is 0 Å². The van der Waals surface area contributed by atoms with Crippen molar-refractivity contribution < 1.29 is 17.9 Å². The topological polar surface area (TPSA) is 21.3 Å². The highest BCUT2D eigenvalue weighted by molar-refractivity contribution is 5.39. The molecule has 0 spiro atoms. The van der Waals surface area contributed by atoms with Crippen LogP contribution in [0.3, 0.4) is 0 Å². The first kappa shape index (κ1) is 15.8. The number of alkyl halides is 3. The molecule has 1 rings (SSSR count). The molecule has 2 nitrogen and oxygen atoms in total. The highest BCUT2D eigenvalue weighted by Gasteiger charge is 2.33. The largest absolute Gasteiger partial charge is 0.496 e. The van der Waals surface area contributed by atoms with Crippen LogP contribution in [0.5, 0.6) is 5.75 Å². The summed E-state index contributed by atoms with van der Waals surface area (Å²) in [7, 11) is 1.47. The van der Waals surface area contributed by atoms with E-state index in [1.165, 1.54) is 7.11 Å². The van der Waals surface area contributed by atoms with Crippen molar-refractivity contribution in [3.8, 4) is 5.75 Å². The number of methoxy groups -OCH3 is 1. The molecule has 0 amide bonds. The summed E-state index contributed by atoms with van der Waals surface area (Å²) in [6.45, 7) is 4.32. The molecule has 0 aliphatic heterocycles. The van der Waals surface area contributed by atoms with Crippen LogP contribution in [0.25, 0.3) is 0 Å². The van der Waals surface area contributed by atoms with Crippen LogP contribution < -0.4 is 10.1 Å². The van der Waals surface area contributed by atoms with Crippen molar-refractivity contribution in [3.63, 3.8) is 0 Å². The van der Waals surface area contributed by atoms with Gasteiger partial charge < -0.3 is 10.1 Å². The number of hydrogen-bond donors (Lipinski definition) is 1. The van der Waals surface area contributed by atoms with E-state index in [9.17, 15) is 13.2 Å². The standard InChI is InChI=1S/C14H20F3NO/c1-4-7-18-12(9-14(15,16)17)11-8-10(2)5-6-13(11)19-3/h5-6,8,12,18H,4,7,9H2,1-3H3. The van der Waals surface area contributed by atoms with Crippen molar-refractivity contribution in [2.45, 2.75) is 38.9 Å². The van der Waals surface area contributed by atoms with Crippen molar-refractivity contribution in [2.75, 3.05) is 13.7 Å². The second-order valence-corrected chi connectivity index (χ2v) is 4.57. The number of aryl methyl sites for hydroxylation is 1. The molecule has 0 fully saturated rings. The summed E-state index contributed by atoms with van der Waals surface area (Å²) in [5.41, 5.74) is 1.48. The van der Waals surface area contributed by atoms with Gasteiger partial charge >= 0.3 is 6.18 Å². The molecule has 0 heterocycles. The number of hydrogen-bond acceptors (Lipinski definition) is 2. The Morgan fingerprint density at radius 1 is 1.32 bits per heavy atom. The van der Waals surface area contributed by atoms with Crippen LogP contribution in [0.1, 0.15) is 36.9 Å².